The smallest absolute Gasteiger partial charge is 0.241 e. The predicted octanol–water partition coefficient (Wildman–Crippen LogP) is -0.176. The molecule has 0 aliphatic heterocycles. The van der Waals surface area contributed by atoms with Crippen LogP contribution in [0.5, 0.6) is 0 Å². The average Bonchev–Trinajstić information content (AvgIpc) is 2.63. The zero-order valence-corrected chi connectivity index (χ0v) is 9.10. The number of hydrogen-bond donors (Lipinski definition) is 2. The quantitative estimate of drug-likeness (QED) is 0.707. The third-order valence-electron chi connectivity index (χ3n) is 1.90. The summed E-state index contributed by atoms with van der Waals surface area (Å²) >= 11 is 0. The Bertz CT molecular complexity index is 320. The maximum absolute atomic E-state index is 11.3. The topological polar surface area (TPSA) is 85.8 Å². The molecule has 1 amide bonds. The van der Waals surface area contributed by atoms with Crippen LogP contribution in [0.2, 0.25) is 0 Å². The predicted molar refractivity (Wildman–Crippen MR) is 55.9 cm³/mol. The van der Waals surface area contributed by atoms with E-state index in [0.717, 1.165) is 6.42 Å². The average molecular weight is 211 g/mol. The molecule has 3 N–H and O–H groups in total. The Balaban J connectivity index is 2.46. The maximum atomic E-state index is 11.3. The molecule has 0 saturated heterocycles. The molecule has 0 fully saturated rings. The largest absolute Gasteiger partial charge is 0.355 e. The third kappa shape index (κ3) is 3.67. The van der Waals surface area contributed by atoms with E-state index in [1.165, 1.54) is 4.68 Å². The number of hydrogen-bond acceptors (Lipinski definition) is 4. The van der Waals surface area contributed by atoms with Gasteiger partial charge in [-0.15, -0.1) is 5.10 Å². The summed E-state index contributed by atoms with van der Waals surface area (Å²) in [4.78, 5) is 11.3. The van der Waals surface area contributed by atoms with Crippen molar-refractivity contribution >= 4 is 5.91 Å². The van der Waals surface area contributed by atoms with Gasteiger partial charge in [0.25, 0.3) is 0 Å². The van der Waals surface area contributed by atoms with Gasteiger partial charge in [-0.2, -0.15) is 0 Å². The van der Waals surface area contributed by atoms with Crippen molar-refractivity contribution in [3.63, 3.8) is 0 Å². The molecule has 1 atom stereocenters. The van der Waals surface area contributed by atoms with Crippen LogP contribution in [0.1, 0.15) is 32.0 Å². The highest BCUT2D eigenvalue weighted by atomic mass is 16.2. The second kappa shape index (κ2) is 5.45. The van der Waals surface area contributed by atoms with Gasteiger partial charge in [-0.25, -0.2) is 4.68 Å². The molecule has 1 unspecified atom stereocenters. The van der Waals surface area contributed by atoms with Crippen LogP contribution in [0.15, 0.2) is 6.20 Å². The Labute approximate surface area is 88.8 Å². The molecule has 1 heterocycles. The molecule has 1 aromatic rings. The van der Waals surface area contributed by atoms with Gasteiger partial charge in [-0.3, -0.25) is 4.79 Å². The number of carbonyl (C=O) groups is 1. The number of carbonyl (C=O) groups excluding carboxylic acids is 1. The summed E-state index contributed by atoms with van der Waals surface area (Å²) in [6.07, 6.45) is 2.62. The Kier molecular flexibility index (Phi) is 4.23. The van der Waals surface area contributed by atoms with Gasteiger partial charge in [-0.05, 0) is 13.3 Å². The fourth-order valence-corrected chi connectivity index (χ4v) is 1.07. The molecule has 0 spiro atoms. The second-order valence-electron chi connectivity index (χ2n) is 3.48. The first-order valence-corrected chi connectivity index (χ1v) is 5.05. The van der Waals surface area contributed by atoms with Gasteiger partial charge in [0.05, 0.1) is 11.9 Å². The van der Waals surface area contributed by atoms with E-state index in [1.807, 2.05) is 13.8 Å². The van der Waals surface area contributed by atoms with Crippen LogP contribution >= 0.6 is 0 Å². The zero-order chi connectivity index (χ0) is 11.3. The van der Waals surface area contributed by atoms with Crippen LogP contribution in [0.4, 0.5) is 0 Å². The minimum atomic E-state index is -0.155. The Hall–Kier alpha value is -1.43. The molecule has 0 bridgehead atoms. The monoisotopic (exact) mass is 211 g/mol. The van der Waals surface area contributed by atoms with E-state index in [-0.39, 0.29) is 18.5 Å². The van der Waals surface area contributed by atoms with Crippen LogP contribution in [-0.2, 0) is 11.3 Å². The van der Waals surface area contributed by atoms with Crippen molar-refractivity contribution in [1.82, 2.24) is 20.3 Å². The van der Waals surface area contributed by atoms with Crippen LogP contribution in [0.3, 0.4) is 0 Å². The van der Waals surface area contributed by atoms with Crippen molar-refractivity contribution in [2.75, 3.05) is 6.54 Å². The van der Waals surface area contributed by atoms with E-state index >= 15 is 0 Å². The first-order valence-electron chi connectivity index (χ1n) is 5.05. The van der Waals surface area contributed by atoms with Gasteiger partial charge in [0.2, 0.25) is 5.91 Å². The van der Waals surface area contributed by atoms with Gasteiger partial charge in [0.1, 0.15) is 6.54 Å². The van der Waals surface area contributed by atoms with Crippen molar-refractivity contribution < 1.29 is 4.79 Å². The standard InChI is InChI=1S/C9H17N5O/c1-3-4-11-9(15)6-14-5-8(7(2)10)12-13-14/h5,7H,3-4,6,10H2,1-2H3,(H,11,15). The lowest BCUT2D eigenvalue weighted by Crippen LogP contribution is -2.28. The first kappa shape index (κ1) is 11.6. The molecule has 0 aliphatic carbocycles. The lowest BCUT2D eigenvalue weighted by molar-refractivity contribution is -0.121. The highest BCUT2D eigenvalue weighted by molar-refractivity contribution is 5.75. The molecule has 0 aromatic carbocycles. The van der Waals surface area contributed by atoms with Gasteiger partial charge < -0.3 is 11.1 Å². The van der Waals surface area contributed by atoms with Crippen molar-refractivity contribution in [1.29, 1.82) is 0 Å². The normalized spacial score (nSPS) is 12.5. The van der Waals surface area contributed by atoms with Gasteiger partial charge in [0, 0.05) is 12.6 Å². The molecular weight excluding hydrogens is 194 g/mol. The van der Waals surface area contributed by atoms with Crippen LogP contribution < -0.4 is 11.1 Å². The molecule has 15 heavy (non-hydrogen) atoms. The second-order valence-corrected chi connectivity index (χ2v) is 3.48. The summed E-state index contributed by atoms with van der Waals surface area (Å²) in [6, 6.07) is -0.155. The van der Waals surface area contributed by atoms with Crippen molar-refractivity contribution in [2.45, 2.75) is 32.9 Å². The summed E-state index contributed by atoms with van der Waals surface area (Å²) < 4.78 is 1.49. The van der Waals surface area contributed by atoms with E-state index in [4.69, 9.17) is 5.73 Å². The molecule has 0 aliphatic rings. The number of nitrogens with two attached hydrogens (primary N) is 1. The Morgan fingerprint density at radius 2 is 2.47 bits per heavy atom. The fourth-order valence-electron chi connectivity index (χ4n) is 1.07. The van der Waals surface area contributed by atoms with Crippen LogP contribution in [-0.4, -0.2) is 27.4 Å². The number of aromatic nitrogens is 3. The molecule has 0 saturated carbocycles. The number of nitrogens with one attached hydrogen (secondary N) is 1. The summed E-state index contributed by atoms with van der Waals surface area (Å²) in [6.45, 7) is 4.71. The molecular formula is C9H17N5O. The van der Waals surface area contributed by atoms with E-state index in [9.17, 15) is 4.79 Å². The minimum Gasteiger partial charge on any atom is -0.355 e. The van der Waals surface area contributed by atoms with E-state index < -0.39 is 0 Å². The lowest BCUT2D eigenvalue weighted by atomic mass is 10.3. The maximum Gasteiger partial charge on any atom is 0.241 e. The zero-order valence-electron chi connectivity index (χ0n) is 9.10. The molecule has 84 valence electrons. The van der Waals surface area contributed by atoms with Crippen LogP contribution in [0.25, 0.3) is 0 Å². The highest BCUT2D eigenvalue weighted by Gasteiger charge is 2.07. The van der Waals surface area contributed by atoms with E-state index in [2.05, 4.69) is 15.6 Å². The SMILES string of the molecule is CCCNC(=O)Cn1cc(C(C)N)nn1. The molecule has 6 nitrogen and oxygen atoms in total. The van der Waals surface area contributed by atoms with Gasteiger partial charge in [0.15, 0.2) is 0 Å². The van der Waals surface area contributed by atoms with Crippen LogP contribution in [0, 0.1) is 0 Å². The molecule has 1 aromatic heterocycles. The number of nitrogens with zero attached hydrogens (tertiary/aromatic N) is 3. The molecule has 0 radical (unpaired) electrons. The van der Waals surface area contributed by atoms with Gasteiger partial charge in [-0.1, -0.05) is 12.1 Å². The number of amides is 1. The fraction of sp³-hybridized carbons (Fsp3) is 0.667. The summed E-state index contributed by atoms with van der Waals surface area (Å²) in [5.74, 6) is -0.0574. The van der Waals surface area contributed by atoms with Crippen molar-refractivity contribution in [2.24, 2.45) is 5.73 Å². The summed E-state index contributed by atoms with van der Waals surface area (Å²) in [5.41, 5.74) is 6.31. The Morgan fingerprint density at radius 3 is 3.00 bits per heavy atom. The summed E-state index contributed by atoms with van der Waals surface area (Å²) in [5, 5.41) is 10.4. The highest BCUT2D eigenvalue weighted by Crippen LogP contribution is 2.02. The molecule has 6 heteroatoms. The number of rotatable bonds is 5. The summed E-state index contributed by atoms with van der Waals surface area (Å²) in [7, 11) is 0. The Morgan fingerprint density at radius 1 is 1.73 bits per heavy atom. The third-order valence-corrected chi connectivity index (χ3v) is 1.90. The van der Waals surface area contributed by atoms with E-state index in [0.29, 0.717) is 12.2 Å². The molecule has 1 rings (SSSR count). The minimum absolute atomic E-state index is 0.0574. The van der Waals surface area contributed by atoms with Crippen molar-refractivity contribution in [3.8, 4) is 0 Å². The van der Waals surface area contributed by atoms with E-state index in [1.54, 1.807) is 6.20 Å². The van der Waals surface area contributed by atoms with Gasteiger partial charge >= 0.3 is 0 Å². The van der Waals surface area contributed by atoms with Crippen molar-refractivity contribution in [3.05, 3.63) is 11.9 Å². The lowest BCUT2D eigenvalue weighted by Gasteiger charge is -2.02. The first-order chi connectivity index (χ1) is 7.13.